The summed E-state index contributed by atoms with van der Waals surface area (Å²) in [6, 6.07) is 0. The predicted octanol–water partition coefficient (Wildman–Crippen LogP) is 1.05. The second-order valence-corrected chi connectivity index (χ2v) is 6.01. The molecule has 0 bridgehead atoms. The molecule has 0 spiro atoms. The number of aliphatic imine (C=N–C) groups is 1. The van der Waals surface area contributed by atoms with Gasteiger partial charge >= 0.3 is 0 Å². The molecule has 2 N–H and O–H groups in total. The van der Waals surface area contributed by atoms with Gasteiger partial charge in [0, 0.05) is 25.0 Å². The topological polar surface area (TPSA) is 39.7 Å². The van der Waals surface area contributed by atoms with Crippen molar-refractivity contribution < 1.29 is 0 Å². The minimum absolute atomic E-state index is 0.306. The number of hydrogen-bond acceptors (Lipinski definition) is 4. The Morgan fingerprint density at radius 2 is 2.12 bits per heavy atom. The van der Waals surface area contributed by atoms with Gasteiger partial charge in [0.1, 0.15) is 0 Å². The van der Waals surface area contributed by atoms with Crippen LogP contribution in [0.1, 0.15) is 33.1 Å². The first kappa shape index (κ1) is 12.7. The molecule has 0 saturated carbocycles. The van der Waals surface area contributed by atoms with E-state index in [-0.39, 0.29) is 0 Å². The third kappa shape index (κ3) is 4.19. The van der Waals surface area contributed by atoms with Crippen LogP contribution in [0.2, 0.25) is 0 Å². The highest BCUT2D eigenvalue weighted by molar-refractivity contribution is 5.80. The van der Waals surface area contributed by atoms with Crippen molar-refractivity contribution in [3.05, 3.63) is 0 Å². The van der Waals surface area contributed by atoms with Crippen molar-refractivity contribution in [2.75, 3.05) is 39.3 Å². The summed E-state index contributed by atoms with van der Waals surface area (Å²) < 4.78 is 0. The molecule has 4 heteroatoms. The van der Waals surface area contributed by atoms with E-state index in [9.17, 15) is 0 Å². The molecule has 0 atom stereocenters. The number of hydrogen-bond donors (Lipinski definition) is 2. The first-order valence-corrected chi connectivity index (χ1v) is 6.90. The summed E-state index contributed by atoms with van der Waals surface area (Å²) in [5.41, 5.74) is 0.306. The molecule has 0 unspecified atom stereocenters. The minimum Gasteiger partial charge on any atom is -0.356 e. The van der Waals surface area contributed by atoms with E-state index in [0.29, 0.717) is 5.41 Å². The second-order valence-electron chi connectivity index (χ2n) is 6.01. The van der Waals surface area contributed by atoms with Crippen LogP contribution in [0, 0.1) is 5.41 Å². The highest BCUT2D eigenvalue weighted by Gasteiger charge is 2.21. The summed E-state index contributed by atoms with van der Waals surface area (Å²) in [4.78, 5) is 7.09. The Kier molecular flexibility index (Phi) is 4.26. The Hall–Kier alpha value is -0.770. The first-order chi connectivity index (χ1) is 8.16. The van der Waals surface area contributed by atoms with Gasteiger partial charge in [0.05, 0.1) is 0 Å². The largest absolute Gasteiger partial charge is 0.356 e. The molecular formula is C13H26N4. The average Bonchev–Trinajstić information content (AvgIpc) is 2.79. The molecule has 0 aromatic rings. The van der Waals surface area contributed by atoms with Gasteiger partial charge < -0.3 is 15.5 Å². The fourth-order valence-electron chi connectivity index (χ4n) is 2.36. The van der Waals surface area contributed by atoms with E-state index in [1.165, 1.54) is 38.9 Å². The standard InChI is InChI=1S/C13H26N4/c1-13(2)10-15-12(16-11-13)14-6-5-9-17-7-3-4-8-17/h3-11H2,1-2H3,(H2,14,15,16). The molecule has 98 valence electrons. The van der Waals surface area contributed by atoms with Gasteiger partial charge in [-0.05, 0) is 38.9 Å². The summed E-state index contributed by atoms with van der Waals surface area (Å²) >= 11 is 0. The molecular weight excluding hydrogens is 212 g/mol. The molecule has 0 aromatic heterocycles. The fraction of sp³-hybridized carbons (Fsp3) is 0.923. The van der Waals surface area contributed by atoms with Crippen LogP contribution < -0.4 is 10.6 Å². The molecule has 2 heterocycles. The maximum Gasteiger partial charge on any atom is 0.191 e. The third-order valence-electron chi connectivity index (χ3n) is 3.54. The van der Waals surface area contributed by atoms with Gasteiger partial charge in [-0.15, -0.1) is 0 Å². The van der Waals surface area contributed by atoms with Crippen LogP contribution in [0.15, 0.2) is 4.99 Å². The number of nitrogens with one attached hydrogen (secondary N) is 2. The van der Waals surface area contributed by atoms with Gasteiger partial charge in [-0.2, -0.15) is 0 Å². The van der Waals surface area contributed by atoms with Gasteiger partial charge in [-0.3, -0.25) is 4.99 Å². The molecule has 17 heavy (non-hydrogen) atoms. The lowest BCUT2D eigenvalue weighted by Crippen LogP contribution is -2.47. The number of nitrogens with zero attached hydrogens (tertiary/aromatic N) is 2. The maximum atomic E-state index is 4.53. The lowest BCUT2D eigenvalue weighted by atomic mass is 9.93. The molecule has 1 fully saturated rings. The Labute approximate surface area is 105 Å². The third-order valence-corrected chi connectivity index (χ3v) is 3.54. The molecule has 0 radical (unpaired) electrons. The van der Waals surface area contributed by atoms with E-state index in [4.69, 9.17) is 0 Å². The minimum atomic E-state index is 0.306. The van der Waals surface area contributed by atoms with Crippen LogP contribution in [-0.2, 0) is 0 Å². The van der Waals surface area contributed by atoms with Gasteiger partial charge in [0.15, 0.2) is 5.96 Å². The summed E-state index contributed by atoms with van der Waals surface area (Å²) in [7, 11) is 0. The van der Waals surface area contributed by atoms with Crippen LogP contribution >= 0.6 is 0 Å². The number of rotatable bonds is 4. The van der Waals surface area contributed by atoms with E-state index < -0.39 is 0 Å². The highest BCUT2D eigenvalue weighted by Crippen LogP contribution is 2.16. The van der Waals surface area contributed by atoms with Gasteiger partial charge in [0.25, 0.3) is 0 Å². The quantitative estimate of drug-likeness (QED) is 0.719. The lowest BCUT2D eigenvalue weighted by Gasteiger charge is -2.29. The van der Waals surface area contributed by atoms with Crippen molar-refractivity contribution in [3.8, 4) is 0 Å². The molecule has 4 nitrogen and oxygen atoms in total. The van der Waals surface area contributed by atoms with Crippen LogP contribution in [-0.4, -0.2) is 50.1 Å². The lowest BCUT2D eigenvalue weighted by molar-refractivity contribution is 0.332. The zero-order valence-corrected chi connectivity index (χ0v) is 11.3. The molecule has 2 rings (SSSR count). The predicted molar refractivity (Wildman–Crippen MR) is 72.4 cm³/mol. The maximum absolute atomic E-state index is 4.53. The van der Waals surface area contributed by atoms with Crippen LogP contribution in [0.3, 0.4) is 0 Å². The van der Waals surface area contributed by atoms with Crippen molar-refractivity contribution in [1.82, 2.24) is 15.5 Å². The molecule has 0 aliphatic carbocycles. The van der Waals surface area contributed by atoms with Crippen molar-refractivity contribution in [1.29, 1.82) is 0 Å². The number of guanidine groups is 1. The van der Waals surface area contributed by atoms with Crippen molar-refractivity contribution in [2.45, 2.75) is 33.1 Å². The molecule has 0 aromatic carbocycles. The average molecular weight is 238 g/mol. The first-order valence-electron chi connectivity index (χ1n) is 6.90. The van der Waals surface area contributed by atoms with Crippen LogP contribution in [0.5, 0.6) is 0 Å². The van der Waals surface area contributed by atoms with Gasteiger partial charge in [-0.1, -0.05) is 13.8 Å². The Morgan fingerprint density at radius 3 is 2.76 bits per heavy atom. The van der Waals surface area contributed by atoms with E-state index in [0.717, 1.165) is 25.6 Å². The highest BCUT2D eigenvalue weighted by atomic mass is 15.2. The Bertz CT molecular complexity index is 267. The van der Waals surface area contributed by atoms with Crippen LogP contribution in [0.25, 0.3) is 0 Å². The summed E-state index contributed by atoms with van der Waals surface area (Å²) in [5.74, 6) is 0.991. The van der Waals surface area contributed by atoms with Crippen molar-refractivity contribution >= 4 is 5.96 Å². The monoisotopic (exact) mass is 238 g/mol. The van der Waals surface area contributed by atoms with Gasteiger partial charge in [-0.25, -0.2) is 0 Å². The number of likely N-dealkylation sites (tertiary alicyclic amines) is 1. The Morgan fingerprint density at radius 1 is 1.35 bits per heavy atom. The molecule has 1 saturated heterocycles. The smallest absolute Gasteiger partial charge is 0.191 e. The molecule has 2 aliphatic heterocycles. The van der Waals surface area contributed by atoms with Crippen molar-refractivity contribution in [3.63, 3.8) is 0 Å². The second kappa shape index (κ2) is 5.71. The molecule has 0 amide bonds. The van der Waals surface area contributed by atoms with Crippen molar-refractivity contribution in [2.24, 2.45) is 10.4 Å². The van der Waals surface area contributed by atoms with Gasteiger partial charge in [0.2, 0.25) is 0 Å². The Balaban J connectivity index is 1.57. The van der Waals surface area contributed by atoms with E-state index >= 15 is 0 Å². The zero-order chi connectivity index (χ0) is 12.1. The van der Waals surface area contributed by atoms with E-state index in [2.05, 4.69) is 34.4 Å². The summed E-state index contributed by atoms with van der Waals surface area (Å²) in [6.07, 6.45) is 3.98. The normalized spacial score (nSPS) is 24.2. The van der Waals surface area contributed by atoms with Crippen LogP contribution in [0.4, 0.5) is 0 Å². The summed E-state index contributed by atoms with van der Waals surface area (Å²) in [6.45, 7) is 11.3. The summed E-state index contributed by atoms with van der Waals surface area (Å²) in [5, 5.41) is 6.76. The zero-order valence-electron chi connectivity index (χ0n) is 11.3. The SMILES string of the molecule is CC1(C)CN=C(NCCCN2CCCC2)NC1. The fourth-order valence-corrected chi connectivity index (χ4v) is 2.36. The van der Waals surface area contributed by atoms with E-state index in [1.807, 2.05) is 0 Å². The molecule has 2 aliphatic rings. The van der Waals surface area contributed by atoms with E-state index in [1.54, 1.807) is 0 Å².